The molecule has 0 aliphatic rings. The minimum Gasteiger partial charge on any atom is -0.495 e. The fraction of sp³-hybridized carbons (Fsp3) is 0.529. The van der Waals surface area contributed by atoms with E-state index in [4.69, 9.17) is 15.6 Å². The van der Waals surface area contributed by atoms with Crippen LogP contribution in [0.1, 0.15) is 49.4 Å². The van der Waals surface area contributed by atoms with Crippen molar-refractivity contribution in [2.45, 2.75) is 45.1 Å². The Morgan fingerprint density at radius 3 is 2.61 bits per heavy atom. The molecule has 0 saturated carbocycles. The van der Waals surface area contributed by atoms with E-state index in [1.807, 2.05) is 6.92 Å². The van der Waals surface area contributed by atoms with Crippen LogP contribution >= 0.6 is 0 Å². The highest BCUT2D eigenvalue weighted by Gasteiger charge is 2.18. The van der Waals surface area contributed by atoms with Crippen molar-refractivity contribution in [3.05, 3.63) is 23.8 Å². The maximum atomic E-state index is 12.5. The van der Waals surface area contributed by atoms with E-state index in [1.54, 1.807) is 18.2 Å². The van der Waals surface area contributed by atoms with Gasteiger partial charge >= 0.3 is 5.97 Å². The highest BCUT2D eigenvalue weighted by atomic mass is 16.5. The number of rotatable bonds is 11. The Morgan fingerprint density at radius 2 is 2.04 bits per heavy atom. The molecule has 0 aliphatic carbocycles. The number of carbonyl (C=O) groups is 2. The van der Waals surface area contributed by atoms with Crippen LogP contribution in [0.5, 0.6) is 5.75 Å². The first kappa shape index (κ1) is 19.0. The van der Waals surface area contributed by atoms with Crippen LogP contribution in [0, 0.1) is 0 Å². The van der Waals surface area contributed by atoms with Crippen LogP contribution in [0.25, 0.3) is 0 Å². The molecule has 0 saturated heterocycles. The number of hydrogen-bond donors (Lipinski definition) is 3. The highest BCUT2D eigenvalue weighted by molar-refractivity contribution is 6.01. The molecule has 0 spiro atoms. The molecule has 1 unspecified atom stereocenters. The van der Waals surface area contributed by atoms with Crippen molar-refractivity contribution in [1.29, 1.82) is 0 Å². The second kappa shape index (κ2) is 9.84. The van der Waals surface area contributed by atoms with E-state index in [0.717, 1.165) is 12.8 Å². The van der Waals surface area contributed by atoms with Gasteiger partial charge in [-0.05, 0) is 44.0 Å². The van der Waals surface area contributed by atoms with Gasteiger partial charge in [-0.15, -0.1) is 0 Å². The van der Waals surface area contributed by atoms with Crippen molar-refractivity contribution in [3.8, 4) is 5.75 Å². The maximum Gasteiger partial charge on any atom is 0.303 e. The number of methoxy groups -OCH3 is 1. The average molecular weight is 322 g/mol. The Balaban J connectivity index is 2.48. The summed E-state index contributed by atoms with van der Waals surface area (Å²) in [6, 6.07) is 4.79. The third-order valence-corrected chi connectivity index (χ3v) is 3.70. The Labute approximate surface area is 137 Å². The summed E-state index contributed by atoms with van der Waals surface area (Å²) in [6.07, 6.45) is 3.22. The molecular formula is C17H26N2O4. The van der Waals surface area contributed by atoms with Crippen molar-refractivity contribution >= 4 is 17.4 Å². The average Bonchev–Trinajstić information content (AvgIpc) is 2.53. The fourth-order valence-corrected chi connectivity index (χ4v) is 2.37. The lowest BCUT2D eigenvalue weighted by atomic mass is 10.0. The number of ether oxygens (including phenoxy) is 1. The van der Waals surface area contributed by atoms with Gasteiger partial charge in [-0.1, -0.05) is 13.3 Å². The van der Waals surface area contributed by atoms with Crippen LogP contribution in [0.2, 0.25) is 0 Å². The zero-order valence-electron chi connectivity index (χ0n) is 13.8. The molecule has 1 rings (SSSR count). The van der Waals surface area contributed by atoms with Crippen molar-refractivity contribution in [2.75, 3.05) is 19.4 Å². The lowest BCUT2D eigenvalue weighted by Gasteiger charge is -2.16. The summed E-state index contributed by atoms with van der Waals surface area (Å²) in [6.45, 7) is 2.64. The Morgan fingerprint density at radius 1 is 1.30 bits per heavy atom. The number of hydrogen-bond acceptors (Lipinski definition) is 5. The lowest BCUT2D eigenvalue weighted by Crippen LogP contribution is -2.36. The second-order valence-electron chi connectivity index (χ2n) is 5.44. The standard InChI is InChI=1S/C17H26N2O4/c1-3-14(19-10-6-4-5-7-16(20)21)17(22)12-8-9-15(23-2)13(18)11-12/h8-9,11,14,19H,3-7,10,18H2,1-2H3,(H,20,21). The normalized spacial score (nSPS) is 11.9. The topological polar surface area (TPSA) is 102 Å². The second-order valence-corrected chi connectivity index (χ2v) is 5.44. The van der Waals surface area contributed by atoms with E-state index in [9.17, 15) is 9.59 Å². The summed E-state index contributed by atoms with van der Waals surface area (Å²) in [7, 11) is 1.54. The molecule has 0 fully saturated rings. The summed E-state index contributed by atoms with van der Waals surface area (Å²) in [4.78, 5) is 22.9. The van der Waals surface area contributed by atoms with Crippen molar-refractivity contribution in [2.24, 2.45) is 0 Å². The predicted octanol–water partition coefficient (Wildman–Crippen LogP) is 2.47. The Kier molecular flexibility index (Phi) is 8.11. The predicted molar refractivity (Wildman–Crippen MR) is 89.9 cm³/mol. The van der Waals surface area contributed by atoms with Gasteiger partial charge in [0, 0.05) is 12.0 Å². The van der Waals surface area contributed by atoms with Crippen LogP contribution in [-0.4, -0.2) is 36.6 Å². The van der Waals surface area contributed by atoms with Crippen LogP contribution in [-0.2, 0) is 4.79 Å². The number of benzene rings is 1. The molecule has 23 heavy (non-hydrogen) atoms. The highest BCUT2D eigenvalue weighted by Crippen LogP contribution is 2.22. The van der Waals surface area contributed by atoms with Gasteiger partial charge in [0.2, 0.25) is 0 Å². The number of Topliss-reactive ketones (excluding diaryl/α,β-unsaturated/α-hetero) is 1. The SMILES string of the molecule is CCC(NCCCCCC(=O)O)C(=O)c1ccc(OC)c(N)c1. The quantitative estimate of drug-likeness (QED) is 0.329. The van der Waals surface area contributed by atoms with Gasteiger partial charge in [-0.25, -0.2) is 0 Å². The van der Waals surface area contributed by atoms with Crippen molar-refractivity contribution in [3.63, 3.8) is 0 Å². The number of nitrogens with one attached hydrogen (secondary N) is 1. The summed E-state index contributed by atoms with van der Waals surface area (Å²) in [5, 5.41) is 11.8. The smallest absolute Gasteiger partial charge is 0.303 e. The van der Waals surface area contributed by atoms with Gasteiger partial charge in [-0.3, -0.25) is 9.59 Å². The molecule has 0 heterocycles. The zero-order chi connectivity index (χ0) is 17.2. The first-order valence-electron chi connectivity index (χ1n) is 7.92. The van der Waals surface area contributed by atoms with E-state index < -0.39 is 5.97 Å². The summed E-state index contributed by atoms with van der Waals surface area (Å²) >= 11 is 0. The Hall–Kier alpha value is -2.08. The van der Waals surface area contributed by atoms with Gasteiger partial charge < -0.3 is 20.9 Å². The molecule has 1 aromatic rings. The molecular weight excluding hydrogens is 296 g/mol. The van der Waals surface area contributed by atoms with Crippen LogP contribution < -0.4 is 15.8 Å². The number of carboxylic acids is 1. The number of anilines is 1. The van der Waals surface area contributed by atoms with Crippen LogP contribution in [0.3, 0.4) is 0 Å². The van der Waals surface area contributed by atoms with Gasteiger partial charge in [0.1, 0.15) is 5.75 Å². The zero-order valence-corrected chi connectivity index (χ0v) is 13.8. The van der Waals surface area contributed by atoms with E-state index in [2.05, 4.69) is 5.32 Å². The van der Waals surface area contributed by atoms with Gasteiger partial charge in [0.15, 0.2) is 5.78 Å². The van der Waals surface area contributed by atoms with Crippen molar-refractivity contribution < 1.29 is 19.4 Å². The van der Waals surface area contributed by atoms with Gasteiger partial charge in [-0.2, -0.15) is 0 Å². The lowest BCUT2D eigenvalue weighted by molar-refractivity contribution is -0.137. The minimum atomic E-state index is -0.767. The van der Waals surface area contributed by atoms with E-state index in [1.165, 1.54) is 7.11 Å². The third-order valence-electron chi connectivity index (χ3n) is 3.70. The van der Waals surface area contributed by atoms with Gasteiger partial charge in [0.05, 0.1) is 18.8 Å². The van der Waals surface area contributed by atoms with E-state index in [-0.39, 0.29) is 18.2 Å². The molecule has 6 nitrogen and oxygen atoms in total. The number of carbonyl (C=O) groups excluding carboxylic acids is 1. The molecule has 0 aromatic heterocycles. The molecule has 1 atom stereocenters. The summed E-state index contributed by atoms with van der Waals surface area (Å²) in [5.41, 5.74) is 6.85. The molecule has 4 N–H and O–H groups in total. The largest absolute Gasteiger partial charge is 0.495 e. The number of unbranched alkanes of at least 4 members (excludes halogenated alkanes) is 2. The molecule has 1 aromatic carbocycles. The minimum absolute atomic E-state index is 0.00684. The number of nitrogens with two attached hydrogens (primary N) is 1. The molecule has 0 radical (unpaired) electrons. The first-order valence-corrected chi connectivity index (χ1v) is 7.92. The third kappa shape index (κ3) is 6.28. The van der Waals surface area contributed by atoms with Crippen LogP contribution in [0.4, 0.5) is 5.69 Å². The molecule has 0 amide bonds. The summed E-state index contributed by atoms with van der Waals surface area (Å²) in [5.74, 6) is -0.204. The maximum absolute atomic E-state index is 12.5. The monoisotopic (exact) mass is 322 g/mol. The number of nitrogen functional groups attached to an aromatic ring is 1. The van der Waals surface area contributed by atoms with Crippen LogP contribution in [0.15, 0.2) is 18.2 Å². The molecule has 6 heteroatoms. The first-order chi connectivity index (χ1) is 11.0. The van der Waals surface area contributed by atoms with Crippen molar-refractivity contribution in [1.82, 2.24) is 5.32 Å². The molecule has 128 valence electrons. The summed E-state index contributed by atoms with van der Waals surface area (Å²) < 4.78 is 5.09. The molecule has 0 bridgehead atoms. The van der Waals surface area contributed by atoms with E-state index in [0.29, 0.717) is 36.4 Å². The van der Waals surface area contributed by atoms with Gasteiger partial charge in [0.25, 0.3) is 0 Å². The fourth-order valence-electron chi connectivity index (χ4n) is 2.37. The van der Waals surface area contributed by atoms with E-state index >= 15 is 0 Å². The Bertz CT molecular complexity index is 531. The number of carboxylic acid groups (broad SMARTS) is 1. The molecule has 0 aliphatic heterocycles. The number of aliphatic carboxylic acids is 1. The number of ketones is 1.